The van der Waals surface area contributed by atoms with Gasteiger partial charge in [0, 0.05) is 36.6 Å². The lowest BCUT2D eigenvalue weighted by atomic mass is 9.93. The van der Waals surface area contributed by atoms with Gasteiger partial charge in [-0.25, -0.2) is 4.79 Å². The Labute approximate surface area is 124 Å². The Morgan fingerprint density at radius 1 is 1.45 bits per heavy atom. The Morgan fingerprint density at radius 2 is 2.20 bits per heavy atom. The van der Waals surface area contributed by atoms with E-state index < -0.39 is 0 Å². The Hall–Kier alpha value is -1.07. The zero-order valence-electron chi connectivity index (χ0n) is 12.2. The van der Waals surface area contributed by atoms with Crippen LogP contribution in [-0.2, 0) is 4.74 Å². The quantitative estimate of drug-likeness (QED) is 0.877. The normalized spacial score (nSPS) is 19.3. The monoisotopic (exact) mass is 296 g/mol. The van der Waals surface area contributed by atoms with Crippen LogP contribution in [0.4, 0.5) is 4.79 Å². The van der Waals surface area contributed by atoms with Gasteiger partial charge in [0.15, 0.2) is 0 Å². The van der Waals surface area contributed by atoms with E-state index in [0.717, 1.165) is 26.1 Å². The number of amides is 2. The van der Waals surface area contributed by atoms with Crippen molar-refractivity contribution in [1.82, 2.24) is 10.6 Å². The first-order valence-corrected chi connectivity index (χ1v) is 8.20. The summed E-state index contributed by atoms with van der Waals surface area (Å²) >= 11 is 1.73. The van der Waals surface area contributed by atoms with Crippen molar-refractivity contribution in [3.63, 3.8) is 0 Å². The highest BCUT2D eigenvalue weighted by Crippen LogP contribution is 2.20. The Bertz CT molecular complexity index is 402. The molecule has 2 amide bonds. The number of urea groups is 1. The standard InChI is InChI=1S/C15H24N2O2S/c1-11(14-4-3-9-20-14)10-16-15(18)17-12(2)13-5-7-19-8-6-13/h3-4,9,11-13H,5-8,10H2,1-2H3,(H2,16,17,18)/t11-,12+/m1/s1. The fraction of sp³-hybridized carbons (Fsp3) is 0.667. The van der Waals surface area contributed by atoms with Gasteiger partial charge in [-0.2, -0.15) is 0 Å². The molecule has 1 saturated heterocycles. The second kappa shape index (κ2) is 7.64. The molecular formula is C15H24N2O2S. The third-order valence-corrected chi connectivity index (χ3v) is 5.03. The maximum atomic E-state index is 11.9. The maximum Gasteiger partial charge on any atom is 0.315 e. The number of ether oxygens (including phenoxy) is 1. The molecule has 2 heterocycles. The number of nitrogens with one attached hydrogen (secondary N) is 2. The lowest BCUT2D eigenvalue weighted by molar-refractivity contribution is 0.0571. The predicted molar refractivity (Wildman–Crippen MR) is 82.3 cm³/mol. The summed E-state index contributed by atoms with van der Waals surface area (Å²) in [7, 11) is 0. The molecular weight excluding hydrogens is 272 g/mol. The van der Waals surface area contributed by atoms with Gasteiger partial charge in [0.2, 0.25) is 0 Å². The number of carbonyl (C=O) groups is 1. The molecule has 0 radical (unpaired) electrons. The third-order valence-electron chi connectivity index (χ3n) is 3.93. The van der Waals surface area contributed by atoms with E-state index in [1.807, 2.05) is 6.07 Å². The largest absolute Gasteiger partial charge is 0.381 e. The van der Waals surface area contributed by atoms with E-state index >= 15 is 0 Å². The molecule has 0 aromatic carbocycles. The molecule has 0 spiro atoms. The summed E-state index contributed by atoms with van der Waals surface area (Å²) in [6.07, 6.45) is 2.07. The van der Waals surface area contributed by atoms with Crippen molar-refractivity contribution >= 4 is 17.4 Å². The molecule has 1 aliphatic heterocycles. The van der Waals surface area contributed by atoms with Crippen LogP contribution in [-0.4, -0.2) is 31.8 Å². The molecule has 1 fully saturated rings. The fourth-order valence-electron chi connectivity index (χ4n) is 2.51. The summed E-state index contributed by atoms with van der Waals surface area (Å²) in [5.41, 5.74) is 0. The van der Waals surface area contributed by atoms with Crippen molar-refractivity contribution < 1.29 is 9.53 Å². The smallest absolute Gasteiger partial charge is 0.315 e. The Balaban J connectivity index is 1.69. The van der Waals surface area contributed by atoms with Crippen LogP contribution in [0.15, 0.2) is 17.5 Å². The molecule has 20 heavy (non-hydrogen) atoms. The first-order chi connectivity index (χ1) is 9.66. The van der Waals surface area contributed by atoms with E-state index in [1.165, 1.54) is 4.88 Å². The molecule has 0 bridgehead atoms. The first-order valence-electron chi connectivity index (χ1n) is 7.32. The Kier molecular flexibility index (Phi) is 5.86. The van der Waals surface area contributed by atoms with Crippen LogP contribution in [0.1, 0.15) is 37.5 Å². The summed E-state index contributed by atoms with van der Waals surface area (Å²) < 4.78 is 5.35. The molecule has 0 aliphatic carbocycles. The SMILES string of the molecule is C[C@H](CNC(=O)N[C@@H](C)C1CCOCC1)c1cccs1. The third kappa shape index (κ3) is 4.49. The maximum absolute atomic E-state index is 11.9. The second-order valence-electron chi connectivity index (χ2n) is 5.51. The average Bonchev–Trinajstić information content (AvgIpc) is 3.00. The number of hydrogen-bond acceptors (Lipinski definition) is 3. The lowest BCUT2D eigenvalue weighted by Gasteiger charge is -2.28. The summed E-state index contributed by atoms with van der Waals surface area (Å²) in [4.78, 5) is 13.2. The van der Waals surface area contributed by atoms with Crippen LogP contribution in [0.2, 0.25) is 0 Å². The predicted octanol–water partition coefficient (Wildman–Crippen LogP) is 2.97. The molecule has 0 unspecified atom stereocenters. The topological polar surface area (TPSA) is 50.4 Å². The van der Waals surface area contributed by atoms with Gasteiger partial charge in [0.1, 0.15) is 0 Å². The van der Waals surface area contributed by atoms with Crippen molar-refractivity contribution in [2.45, 2.75) is 38.6 Å². The zero-order chi connectivity index (χ0) is 14.4. The van der Waals surface area contributed by atoms with Crippen LogP contribution in [0.25, 0.3) is 0 Å². The van der Waals surface area contributed by atoms with Gasteiger partial charge in [-0.05, 0) is 37.1 Å². The van der Waals surface area contributed by atoms with Crippen LogP contribution >= 0.6 is 11.3 Å². The van der Waals surface area contributed by atoms with Crippen molar-refractivity contribution in [3.8, 4) is 0 Å². The van der Waals surface area contributed by atoms with Crippen molar-refractivity contribution in [2.75, 3.05) is 19.8 Å². The fourth-order valence-corrected chi connectivity index (χ4v) is 3.30. The van der Waals surface area contributed by atoms with E-state index in [1.54, 1.807) is 11.3 Å². The first kappa shape index (κ1) is 15.3. The molecule has 0 saturated carbocycles. The van der Waals surface area contributed by atoms with Crippen molar-refractivity contribution in [2.24, 2.45) is 5.92 Å². The average molecular weight is 296 g/mol. The number of carbonyl (C=O) groups excluding carboxylic acids is 1. The van der Waals surface area contributed by atoms with Gasteiger partial charge < -0.3 is 15.4 Å². The molecule has 2 N–H and O–H groups in total. The summed E-state index contributed by atoms with van der Waals surface area (Å²) in [5, 5.41) is 8.08. The molecule has 112 valence electrons. The van der Waals surface area contributed by atoms with Crippen LogP contribution in [0.5, 0.6) is 0 Å². The minimum absolute atomic E-state index is 0.0626. The molecule has 1 aliphatic rings. The molecule has 1 aromatic heterocycles. The highest BCUT2D eigenvalue weighted by molar-refractivity contribution is 7.10. The van der Waals surface area contributed by atoms with Crippen LogP contribution in [0, 0.1) is 5.92 Å². The van der Waals surface area contributed by atoms with E-state index in [2.05, 4.69) is 35.9 Å². The minimum Gasteiger partial charge on any atom is -0.381 e. The molecule has 5 heteroatoms. The number of rotatable bonds is 5. The molecule has 4 nitrogen and oxygen atoms in total. The van der Waals surface area contributed by atoms with Gasteiger partial charge in [-0.3, -0.25) is 0 Å². The summed E-state index contributed by atoms with van der Waals surface area (Å²) in [5.74, 6) is 0.892. The molecule has 2 rings (SSSR count). The molecule has 1 aromatic rings. The van der Waals surface area contributed by atoms with Crippen LogP contribution in [0.3, 0.4) is 0 Å². The van der Waals surface area contributed by atoms with Gasteiger partial charge in [0.05, 0.1) is 0 Å². The highest BCUT2D eigenvalue weighted by Gasteiger charge is 2.21. The summed E-state index contributed by atoms with van der Waals surface area (Å²) in [6, 6.07) is 4.30. The minimum atomic E-state index is -0.0626. The molecule has 2 atom stereocenters. The van der Waals surface area contributed by atoms with E-state index in [-0.39, 0.29) is 12.1 Å². The highest BCUT2D eigenvalue weighted by atomic mass is 32.1. The van der Waals surface area contributed by atoms with Gasteiger partial charge >= 0.3 is 6.03 Å². The number of hydrogen-bond donors (Lipinski definition) is 2. The van der Waals surface area contributed by atoms with E-state index in [4.69, 9.17) is 4.74 Å². The van der Waals surface area contributed by atoms with Crippen LogP contribution < -0.4 is 10.6 Å². The van der Waals surface area contributed by atoms with Crippen molar-refractivity contribution in [1.29, 1.82) is 0 Å². The van der Waals surface area contributed by atoms with E-state index in [9.17, 15) is 4.79 Å². The lowest BCUT2D eigenvalue weighted by Crippen LogP contribution is -2.46. The van der Waals surface area contributed by atoms with Gasteiger partial charge in [-0.15, -0.1) is 11.3 Å². The van der Waals surface area contributed by atoms with Gasteiger partial charge in [-0.1, -0.05) is 13.0 Å². The Morgan fingerprint density at radius 3 is 2.85 bits per heavy atom. The van der Waals surface area contributed by atoms with Gasteiger partial charge in [0.25, 0.3) is 0 Å². The number of thiophene rings is 1. The van der Waals surface area contributed by atoms with E-state index in [0.29, 0.717) is 18.4 Å². The summed E-state index contributed by atoms with van der Waals surface area (Å²) in [6.45, 7) is 6.51. The van der Waals surface area contributed by atoms with Crippen molar-refractivity contribution in [3.05, 3.63) is 22.4 Å². The zero-order valence-corrected chi connectivity index (χ0v) is 13.0. The second-order valence-corrected chi connectivity index (χ2v) is 6.49.